The second-order valence-electron chi connectivity index (χ2n) is 4.53. The summed E-state index contributed by atoms with van der Waals surface area (Å²) in [4.78, 5) is 4.22. The van der Waals surface area contributed by atoms with Gasteiger partial charge in [-0.15, -0.1) is 0 Å². The summed E-state index contributed by atoms with van der Waals surface area (Å²) >= 11 is 0. The standard InChI is InChI=1S/C16H12F2N2/c17-12-5-3-6-13(18)15(12)16(19)11-8-9-20-14-7-2-1-4-10(11)14/h1-9,16H,19H2. The normalized spacial score (nSPS) is 12.6. The third kappa shape index (κ3) is 2.04. The molecule has 0 bridgehead atoms. The Morgan fingerprint density at radius 1 is 0.900 bits per heavy atom. The fourth-order valence-electron chi connectivity index (χ4n) is 2.35. The van der Waals surface area contributed by atoms with Crippen molar-refractivity contribution in [2.45, 2.75) is 6.04 Å². The number of aromatic nitrogens is 1. The minimum absolute atomic E-state index is 0.121. The predicted molar refractivity (Wildman–Crippen MR) is 74.1 cm³/mol. The Morgan fingerprint density at radius 2 is 1.60 bits per heavy atom. The number of hydrogen-bond donors (Lipinski definition) is 1. The smallest absolute Gasteiger partial charge is 0.131 e. The van der Waals surface area contributed by atoms with Crippen molar-refractivity contribution < 1.29 is 8.78 Å². The molecule has 1 unspecified atom stereocenters. The minimum Gasteiger partial charge on any atom is -0.320 e. The fourth-order valence-corrected chi connectivity index (χ4v) is 2.35. The van der Waals surface area contributed by atoms with Gasteiger partial charge in [0, 0.05) is 17.1 Å². The molecule has 0 aliphatic heterocycles. The molecule has 0 saturated heterocycles. The molecule has 0 saturated carbocycles. The molecule has 2 aromatic carbocycles. The molecule has 20 heavy (non-hydrogen) atoms. The van der Waals surface area contributed by atoms with Crippen molar-refractivity contribution >= 4 is 10.9 Å². The van der Waals surface area contributed by atoms with Crippen molar-refractivity contribution in [1.29, 1.82) is 0 Å². The van der Waals surface area contributed by atoms with Gasteiger partial charge < -0.3 is 5.73 Å². The maximum Gasteiger partial charge on any atom is 0.131 e. The van der Waals surface area contributed by atoms with Crippen LogP contribution in [-0.4, -0.2) is 4.98 Å². The molecule has 0 fully saturated rings. The summed E-state index contributed by atoms with van der Waals surface area (Å²) < 4.78 is 27.7. The number of fused-ring (bicyclic) bond motifs is 1. The highest BCUT2D eigenvalue weighted by Crippen LogP contribution is 2.29. The van der Waals surface area contributed by atoms with Crippen LogP contribution in [0.5, 0.6) is 0 Å². The van der Waals surface area contributed by atoms with Crippen molar-refractivity contribution in [3.63, 3.8) is 0 Å². The molecule has 2 N–H and O–H groups in total. The molecular formula is C16H12F2N2. The summed E-state index contributed by atoms with van der Waals surface area (Å²) in [5.74, 6) is -1.28. The first-order chi connectivity index (χ1) is 9.68. The van der Waals surface area contributed by atoms with Crippen LogP contribution in [-0.2, 0) is 0 Å². The lowest BCUT2D eigenvalue weighted by Crippen LogP contribution is -2.16. The van der Waals surface area contributed by atoms with Gasteiger partial charge in [-0.1, -0.05) is 24.3 Å². The Balaban J connectivity index is 2.21. The summed E-state index contributed by atoms with van der Waals surface area (Å²) in [5.41, 5.74) is 7.35. The molecule has 1 atom stereocenters. The maximum absolute atomic E-state index is 13.9. The number of halogens is 2. The van der Waals surface area contributed by atoms with Crippen molar-refractivity contribution in [3.05, 3.63) is 77.5 Å². The molecule has 1 heterocycles. The van der Waals surface area contributed by atoms with E-state index in [1.165, 1.54) is 18.2 Å². The highest BCUT2D eigenvalue weighted by molar-refractivity contribution is 5.82. The molecule has 0 spiro atoms. The molecule has 0 radical (unpaired) electrons. The van der Waals surface area contributed by atoms with E-state index in [2.05, 4.69) is 4.98 Å². The van der Waals surface area contributed by atoms with Gasteiger partial charge in [0.15, 0.2) is 0 Å². The van der Waals surface area contributed by atoms with Gasteiger partial charge in [0.25, 0.3) is 0 Å². The fraction of sp³-hybridized carbons (Fsp3) is 0.0625. The van der Waals surface area contributed by atoms with E-state index in [0.717, 1.165) is 10.9 Å². The van der Waals surface area contributed by atoms with Crippen LogP contribution < -0.4 is 5.73 Å². The van der Waals surface area contributed by atoms with Crippen molar-refractivity contribution in [3.8, 4) is 0 Å². The Bertz CT molecular complexity index is 746. The first kappa shape index (κ1) is 12.7. The van der Waals surface area contributed by atoms with Crippen LogP contribution in [0.2, 0.25) is 0 Å². The van der Waals surface area contributed by atoms with Gasteiger partial charge >= 0.3 is 0 Å². The van der Waals surface area contributed by atoms with Crippen molar-refractivity contribution in [2.75, 3.05) is 0 Å². The molecule has 2 nitrogen and oxygen atoms in total. The highest BCUT2D eigenvalue weighted by Gasteiger charge is 2.19. The summed E-state index contributed by atoms with van der Waals surface area (Å²) in [5, 5.41) is 0.796. The lowest BCUT2D eigenvalue weighted by molar-refractivity contribution is 0.544. The second kappa shape index (κ2) is 4.98. The monoisotopic (exact) mass is 270 g/mol. The van der Waals surface area contributed by atoms with Gasteiger partial charge in [-0.2, -0.15) is 0 Å². The van der Waals surface area contributed by atoms with Crippen molar-refractivity contribution in [2.24, 2.45) is 5.73 Å². The Labute approximate surface area is 114 Å². The first-order valence-corrected chi connectivity index (χ1v) is 6.21. The van der Waals surface area contributed by atoms with E-state index in [1.807, 2.05) is 24.3 Å². The molecule has 0 aliphatic carbocycles. The van der Waals surface area contributed by atoms with Gasteiger partial charge in [0.05, 0.1) is 11.6 Å². The highest BCUT2D eigenvalue weighted by atomic mass is 19.1. The molecule has 0 aliphatic rings. The predicted octanol–water partition coefficient (Wildman–Crippen LogP) is 3.56. The van der Waals surface area contributed by atoms with Gasteiger partial charge in [-0.25, -0.2) is 8.78 Å². The Morgan fingerprint density at radius 3 is 2.35 bits per heavy atom. The number of pyridine rings is 1. The van der Waals surface area contributed by atoms with Crippen LogP contribution in [0.1, 0.15) is 17.2 Å². The maximum atomic E-state index is 13.9. The average molecular weight is 270 g/mol. The number of nitrogens with two attached hydrogens (primary N) is 1. The third-order valence-electron chi connectivity index (χ3n) is 3.33. The van der Waals surface area contributed by atoms with E-state index in [9.17, 15) is 8.78 Å². The topological polar surface area (TPSA) is 38.9 Å². The quantitative estimate of drug-likeness (QED) is 0.773. The van der Waals surface area contributed by atoms with E-state index in [1.54, 1.807) is 12.3 Å². The average Bonchev–Trinajstić information content (AvgIpc) is 2.46. The van der Waals surface area contributed by atoms with Crippen LogP contribution in [0, 0.1) is 11.6 Å². The summed E-state index contributed by atoms with van der Waals surface area (Å²) in [6, 6.07) is 11.9. The number of hydrogen-bond acceptors (Lipinski definition) is 2. The van der Waals surface area contributed by atoms with Gasteiger partial charge in [0.2, 0.25) is 0 Å². The zero-order valence-electron chi connectivity index (χ0n) is 10.6. The van der Waals surface area contributed by atoms with Crippen molar-refractivity contribution in [1.82, 2.24) is 4.98 Å². The van der Waals surface area contributed by atoms with E-state index >= 15 is 0 Å². The first-order valence-electron chi connectivity index (χ1n) is 6.21. The molecule has 0 amide bonds. The van der Waals surface area contributed by atoms with E-state index in [0.29, 0.717) is 5.56 Å². The van der Waals surface area contributed by atoms with Crippen LogP contribution >= 0.6 is 0 Å². The molecule has 1 aromatic heterocycles. The molecule has 4 heteroatoms. The SMILES string of the molecule is NC(c1c(F)cccc1F)c1ccnc2ccccc12. The number of benzene rings is 2. The van der Waals surface area contributed by atoms with Crippen LogP contribution in [0.4, 0.5) is 8.78 Å². The van der Waals surface area contributed by atoms with E-state index in [4.69, 9.17) is 5.73 Å². The largest absolute Gasteiger partial charge is 0.320 e. The van der Waals surface area contributed by atoms with E-state index < -0.39 is 17.7 Å². The lowest BCUT2D eigenvalue weighted by Gasteiger charge is -2.16. The summed E-state index contributed by atoms with van der Waals surface area (Å²) in [6.07, 6.45) is 1.59. The zero-order valence-corrected chi connectivity index (χ0v) is 10.6. The second-order valence-corrected chi connectivity index (χ2v) is 4.53. The van der Waals surface area contributed by atoms with Crippen LogP contribution in [0.15, 0.2) is 54.7 Å². The van der Waals surface area contributed by atoms with Gasteiger partial charge in [-0.05, 0) is 29.8 Å². The molecular weight excluding hydrogens is 258 g/mol. The zero-order chi connectivity index (χ0) is 14.1. The molecule has 100 valence electrons. The summed E-state index contributed by atoms with van der Waals surface area (Å²) in [6.45, 7) is 0. The van der Waals surface area contributed by atoms with Crippen LogP contribution in [0.25, 0.3) is 10.9 Å². The minimum atomic E-state index is -0.871. The Kier molecular flexibility index (Phi) is 3.16. The van der Waals surface area contributed by atoms with Crippen LogP contribution in [0.3, 0.4) is 0 Å². The number of rotatable bonds is 2. The summed E-state index contributed by atoms with van der Waals surface area (Å²) in [7, 11) is 0. The van der Waals surface area contributed by atoms with Gasteiger partial charge in [0.1, 0.15) is 11.6 Å². The Hall–Kier alpha value is -2.33. The number of nitrogens with zero attached hydrogens (tertiary/aromatic N) is 1. The lowest BCUT2D eigenvalue weighted by atomic mass is 9.96. The van der Waals surface area contributed by atoms with E-state index in [-0.39, 0.29) is 5.56 Å². The van der Waals surface area contributed by atoms with Gasteiger partial charge in [-0.3, -0.25) is 4.98 Å². The number of para-hydroxylation sites is 1. The molecule has 3 rings (SSSR count). The molecule has 3 aromatic rings. The third-order valence-corrected chi connectivity index (χ3v) is 3.33.